The number of nitrogens with zero attached hydrogens (tertiary/aromatic N) is 2. The highest BCUT2D eigenvalue weighted by Crippen LogP contribution is 2.17. The van der Waals surface area contributed by atoms with Gasteiger partial charge in [-0.2, -0.15) is 0 Å². The van der Waals surface area contributed by atoms with Crippen LogP contribution in [0.1, 0.15) is 13.3 Å². The van der Waals surface area contributed by atoms with Crippen molar-refractivity contribution >= 4 is 16.7 Å². The van der Waals surface area contributed by atoms with Gasteiger partial charge in [-0.3, -0.25) is 0 Å². The van der Waals surface area contributed by atoms with Crippen LogP contribution in [-0.4, -0.2) is 29.7 Å². The van der Waals surface area contributed by atoms with Gasteiger partial charge < -0.3 is 15.2 Å². The van der Waals surface area contributed by atoms with Gasteiger partial charge in [-0.15, -0.1) is 0 Å². The van der Waals surface area contributed by atoms with Crippen LogP contribution in [0.25, 0.3) is 11.0 Å². The third kappa shape index (κ3) is 2.82. The van der Waals surface area contributed by atoms with E-state index in [4.69, 9.17) is 0 Å². The molecule has 0 spiro atoms. The molecule has 2 N–H and O–H groups in total. The SMILES string of the molecule is CCC(CNC)CNc1ccc2c(c1)ncn2C. The van der Waals surface area contributed by atoms with Gasteiger partial charge in [-0.25, -0.2) is 4.98 Å². The first-order valence-corrected chi connectivity index (χ1v) is 6.54. The molecule has 1 unspecified atom stereocenters. The normalized spacial score (nSPS) is 12.8. The number of hydrogen-bond donors (Lipinski definition) is 2. The van der Waals surface area contributed by atoms with Gasteiger partial charge in [0.2, 0.25) is 0 Å². The number of anilines is 1. The Labute approximate surface area is 108 Å². The number of imidazole rings is 1. The van der Waals surface area contributed by atoms with Gasteiger partial charge in [0.1, 0.15) is 0 Å². The molecule has 4 nitrogen and oxygen atoms in total. The third-order valence-corrected chi connectivity index (χ3v) is 3.39. The summed E-state index contributed by atoms with van der Waals surface area (Å²) in [6.07, 6.45) is 3.03. The van der Waals surface area contributed by atoms with Crippen LogP contribution in [-0.2, 0) is 7.05 Å². The van der Waals surface area contributed by atoms with E-state index in [1.165, 1.54) is 11.9 Å². The standard InChI is InChI=1S/C14H22N4/c1-4-11(8-15-2)9-16-12-5-6-14-13(7-12)17-10-18(14)3/h5-7,10-11,15-16H,4,8-9H2,1-3H3. The summed E-state index contributed by atoms with van der Waals surface area (Å²) >= 11 is 0. The Morgan fingerprint density at radius 1 is 1.33 bits per heavy atom. The third-order valence-electron chi connectivity index (χ3n) is 3.39. The highest BCUT2D eigenvalue weighted by Gasteiger charge is 2.05. The van der Waals surface area contributed by atoms with E-state index < -0.39 is 0 Å². The second-order valence-electron chi connectivity index (χ2n) is 4.77. The van der Waals surface area contributed by atoms with Crippen LogP contribution in [0.5, 0.6) is 0 Å². The van der Waals surface area contributed by atoms with Crippen molar-refractivity contribution in [2.24, 2.45) is 13.0 Å². The molecule has 0 aliphatic heterocycles. The molecule has 0 fully saturated rings. The highest BCUT2D eigenvalue weighted by atomic mass is 15.0. The van der Waals surface area contributed by atoms with Crippen molar-refractivity contribution in [2.45, 2.75) is 13.3 Å². The van der Waals surface area contributed by atoms with Gasteiger partial charge in [-0.05, 0) is 37.7 Å². The molecule has 1 aromatic heterocycles. The van der Waals surface area contributed by atoms with Gasteiger partial charge in [0, 0.05) is 19.3 Å². The van der Waals surface area contributed by atoms with E-state index in [0.29, 0.717) is 5.92 Å². The molecule has 0 aliphatic rings. The smallest absolute Gasteiger partial charge is 0.0955 e. The minimum absolute atomic E-state index is 0.662. The molecule has 0 radical (unpaired) electrons. The predicted octanol–water partition coefficient (Wildman–Crippen LogP) is 2.23. The first kappa shape index (κ1) is 12.9. The zero-order valence-electron chi connectivity index (χ0n) is 11.4. The summed E-state index contributed by atoms with van der Waals surface area (Å²) in [4.78, 5) is 4.37. The number of benzene rings is 1. The van der Waals surface area contributed by atoms with Gasteiger partial charge in [0.25, 0.3) is 0 Å². The molecule has 1 atom stereocenters. The van der Waals surface area contributed by atoms with Gasteiger partial charge in [0.15, 0.2) is 0 Å². The van der Waals surface area contributed by atoms with Gasteiger partial charge in [-0.1, -0.05) is 13.3 Å². The van der Waals surface area contributed by atoms with Gasteiger partial charge in [0.05, 0.1) is 17.4 Å². The number of aryl methyl sites for hydroxylation is 1. The molecule has 0 amide bonds. The van der Waals surface area contributed by atoms with Gasteiger partial charge >= 0.3 is 0 Å². The molecular weight excluding hydrogens is 224 g/mol. The van der Waals surface area contributed by atoms with Crippen LogP contribution in [0.15, 0.2) is 24.5 Å². The van der Waals surface area contributed by atoms with Crippen LogP contribution in [0.2, 0.25) is 0 Å². The molecule has 2 rings (SSSR count). The van der Waals surface area contributed by atoms with Crippen molar-refractivity contribution in [1.82, 2.24) is 14.9 Å². The lowest BCUT2D eigenvalue weighted by Crippen LogP contribution is -2.24. The fourth-order valence-corrected chi connectivity index (χ4v) is 2.16. The van der Waals surface area contributed by atoms with Crippen LogP contribution in [0.4, 0.5) is 5.69 Å². The van der Waals surface area contributed by atoms with Crippen molar-refractivity contribution in [1.29, 1.82) is 0 Å². The monoisotopic (exact) mass is 246 g/mol. The number of aromatic nitrogens is 2. The number of rotatable bonds is 6. The number of fused-ring (bicyclic) bond motifs is 1. The largest absolute Gasteiger partial charge is 0.385 e. The first-order chi connectivity index (χ1) is 8.74. The molecule has 98 valence electrons. The van der Waals surface area contributed by atoms with E-state index >= 15 is 0 Å². The maximum atomic E-state index is 4.37. The maximum absolute atomic E-state index is 4.37. The van der Waals surface area contributed by atoms with E-state index in [2.05, 4.69) is 40.7 Å². The Kier molecular flexibility index (Phi) is 4.20. The summed E-state index contributed by atoms with van der Waals surface area (Å²) in [5, 5.41) is 6.72. The zero-order chi connectivity index (χ0) is 13.0. The topological polar surface area (TPSA) is 41.9 Å². The molecule has 0 saturated heterocycles. The van der Waals surface area contributed by atoms with Crippen LogP contribution in [0, 0.1) is 5.92 Å². The zero-order valence-corrected chi connectivity index (χ0v) is 11.4. The van der Waals surface area contributed by atoms with E-state index in [-0.39, 0.29) is 0 Å². The average molecular weight is 246 g/mol. The quantitative estimate of drug-likeness (QED) is 0.821. The van der Waals surface area contributed by atoms with Crippen molar-refractivity contribution in [3.05, 3.63) is 24.5 Å². The van der Waals surface area contributed by atoms with E-state index in [1.807, 2.05) is 25.0 Å². The van der Waals surface area contributed by atoms with Crippen molar-refractivity contribution in [2.75, 3.05) is 25.5 Å². The Morgan fingerprint density at radius 3 is 2.89 bits per heavy atom. The number of hydrogen-bond acceptors (Lipinski definition) is 3. The summed E-state index contributed by atoms with van der Waals surface area (Å²) in [6, 6.07) is 6.35. The predicted molar refractivity (Wildman–Crippen MR) is 76.9 cm³/mol. The highest BCUT2D eigenvalue weighted by molar-refractivity contribution is 5.79. The van der Waals surface area contributed by atoms with Crippen LogP contribution < -0.4 is 10.6 Å². The van der Waals surface area contributed by atoms with E-state index in [9.17, 15) is 0 Å². The molecule has 1 aromatic carbocycles. The molecule has 0 aliphatic carbocycles. The Balaban J connectivity index is 2.03. The lowest BCUT2D eigenvalue weighted by atomic mass is 10.1. The minimum atomic E-state index is 0.662. The second-order valence-corrected chi connectivity index (χ2v) is 4.77. The van der Waals surface area contributed by atoms with E-state index in [0.717, 1.165) is 24.3 Å². The molecule has 18 heavy (non-hydrogen) atoms. The summed E-state index contributed by atoms with van der Waals surface area (Å²) in [7, 11) is 4.02. The molecular formula is C14H22N4. The van der Waals surface area contributed by atoms with E-state index in [1.54, 1.807) is 0 Å². The van der Waals surface area contributed by atoms with Crippen LogP contribution >= 0.6 is 0 Å². The molecule has 2 aromatic rings. The Hall–Kier alpha value is -1.55. The first-order valence-electron chi connectivity index (χ1n) is 6.54. The Morgan fingerprint density at radius 2 is 2.17 bits per heavy atom. The molecule has 1 heterocycles. The fourth-order valence-electron chi connectivity index (χ4n) is 2.16. The summed E-state index contributed by atoms with van der Waals surface area (Å²) in [5.74, 6) is 0.662. The fraction of sp³-hybridized carbons (Fsp3) is 0.500. The minimum Gasteiger partial charge on any atom is -0.385 e. The molecule has 0 bridgehead atoms. The second kappa shape index (κ2) is 5.87. The van der Waals surface area contributed by atoms with Crippen LogP contribution in [0.3, 0.4) is 0 Å². The summed E-state index contributed by atoms with van der Waals surface area (Å²) < 4.78 is 2.04. The summed E-state index contributed by atoms with van der Waals surface area (Å²) in [6.45, 7) is 4.27. The average Bonchev–Trinajstić information content (AvgIpc) is 2.76. The van der Waals surface area contributed by atoms with Crippen molar-refractivity contribution in [3.8, 4) is 0 Å². The number of nitrogens with one attached hydrogen (secondary N) is 2. The Bertz CT molecular complexity index is 503. The lowest BCUT2D eigenvalue weighted by Gasteiger charge is -2.16. The van der Waals surface area contributed by atoms with Crippen molar-refractivity contribution < 1.29 is 0 Å². The summed E-state index contributed by atoms with van der Waals surface area (Å²) in [5.41, 5.74) is 3.36. The molecule has 4 heteroatoms. The molecule has 0 saturated carbocycles. The van der Waals surface area contributed by atoms with Crippen molar-refractivity contribution in [3.63, 3.8) is 0 Å². The maximum Gasteiger partial charge on any atom is 0.0955 e. The lowest BCUT2D eigenvalue weighted by molar-refractivity contribution is 0.507.